The first-order valence-corrected chi connectivity index (χ1v) is 6.53. The van der Waals surface area contributed by atoms with Gasteiger partial charge in [-0.15, -0.1) is 0 Å². The van der Waals surface area contributed by atoms with E-state index in [0.29, 0.717) is 24.0 Å². The largest absolute Gasteiger partial charge is 0.493 e. The molecule has 0 aliphatic rings. The summed E-state index contributed by atoms with van der Waals surface area (Å²) in [5, 5.41) is 3.03. The van der Waals surface area contributed by atoms with Crippen molar-refractivity contribution in [2.24, 2.45) is 17.8 Å². The number of methoxy groups -OCH3 is 2. The van der Waals surface area contributed by atoms with Crippen LogP contribution in [0.2, 0.25) is 0 Å². The summed E-state index contributed by atoms with van der Waals surface area (Å²) in [5.41, 5.74) is 7.77. The van der Waals surface area contributed by atoms with E-state index in [-0.39, 0.29) is 0 Å². The van der Waals surface area contributed by atoms with Crippen molar-refractivity contribution in [3.8, 4) is 11.5 Å². The van der Waals surface area contributed by atoms with Gasteiger partial charge in [0.1, 0.15) is 0 Å². The number of nitrogens with one attached hydrogen (secondary N) is 1. The van der Waals surface area contributed by atoms with Gasteiger partial charge in [0.2, 0.25) is 0 Å². The number of nitrogens with zero attached hydrogens (tertiary/aromatic N) is 2. The molecule has 1 heterocycles. The molecule has 3 N–H and O–H groups in total. The number of aryl methyl sites for hydroxylation is 1. The number of ether oxygens (including phenoxy) is 2. The Morgan fingerprint density at radius 1 is 1.24 bits per heavy atom. The van der Waals surface area contributed by atoms with Crippen LogP contribution in [0.4, 0.5) is 5.69 Å². The van der Waals surface area contributed by atoms with E-state index >= 15 is 0 Å². The number of hydrogen-bond donors (Lipinski definition) is 2. The van der Waals surface area contributed by atoms with Crippen LogP contribution in [0.1, 0.15) is 5.69 Å². The molecule has 6 nitrogen and oxygen atoms in total. The van der Waals surface area contributed by atoms with E-state index in [2.05, 4.69) is 10.3 Å². The highest BCUT2D eigenvalue weighted by atomic mass is 16.5. The lowest BCUT2D eigenvalue weighted by Gasteiger charge is -2.11. The first-order valence-electron chi connectivity index (χ1n) is 6.53. The number of anilines is 1. The van der Waals surface area contributed by atoms with Crippen LogP contribution in [-0.4, -0.2) is 24.7 Å². The van der Waals surface area contributed by atoms with E-state index in [9.17, 15) is 0 Å². The molecule has 0 radical (unpaired) electrons. The summed E-state index contributed by atoms with van der Waals surface area (Å²) in [6.07, 6.45) is 1.98. The second-order valence-corrected chi connectivity index (χ2v) is 4.51. The summed E-state index contributed by atoms with van der Waals surface area (Å²) in [6, 6.07) is 9.46. The molecule has 0 bridgehead atoms. The van der Waals surface area contributed by atoms with Gasteiger partial charge in [-0.25, -0.2) is 4.99 Å². The molecule has 0 saturated carbocycles. The molecular weight excluding hydrogens is 268 g/mol. The molecule has 0 aliphatic heterocycles. The second-order valence-electron chi connectivity index (χ2n) is 4.51. The van der Waals surface area contributed by atoms with Gasteiger partial charge in [-0.2, -0.15) is 0 Å². The number of rotatable bonds is 5. The van der Waals surface area contributed by atoms with Gasteiger partial charge in [0.05, 0.1) is 20.8 Å². The van der Waals surface area contributed by atoms with Gasteiger partial charge in [-0.1, -0.05) is 0 Å². The minimum Gasteiger partial charge on any atom is -0.493 e. The van der Waals surface area contributed by atoms with Crippen molar-refractivity contribution in [1.29, 1.82) is 0 Å². The van der Waals surface area contributed by atoms with Gasteiger partial charge in [0, 0.05) is 30.7 Å². The molecule has 0 unspecified atom stereocenters. The first kappa shape index (κ1) is 14.8. The molecule has 21 heavy (non-hydrogen) atoms. The Morgan fingerprint density at radius 3 is 2.62 bits per heavy atom. The molecule has 0 spiro atoms. The molecule has 0 fully saturated rings. The Hall–Kier alpha value is -2.63. The fourth-order valence-corrected chi connectivity index (χ4v) is 1.93. The van der Waals surface area contributed by atoms with Crippen LogP contribution >= 0.6 is 0 Å². The van der Waals surface area contributed by atoms with Gasteiger partial charge in [-0.05, 0) is 24.3 Å². The third kappa shape index (κ3) is 3.68. The number of guanidine groups is 1. The summed E-state index contributed by atoms with van der Waals surface area (Å²) >= 11 is 0. The average molecular weight is 288 g/mol. The first-order chi connectivity index (χ1) is 10.1. The number of aliphatic imine (C=N–C) groups is 1. The second kappa shape index (κ2) is 6.69. The van der Waals surface area contributed by atoms with Crippen LogP contribution in [0.3, 0.4) is 0 Å². The van der Waals surface area contributed by atoms with Gasteiger partial charge < -0.3 is 25.1 Å². The lowest BCUT2D eigenvalue weighted by molar-refractivity contribution is 0.355. The highest BCUT2D eigenvalue weighted by Gasteiger charge is 2.05. The zero-order valence-electron chi connectivity index (χ0n) is 12.5. The van der Waals surface area contributed by atoms with E-state index in [4.69, 9.17) is 15.2 Å². The Balaban J connectivity index is 2.05. The monoisotopic (exact) mass is 288 g/mol. The van der Waals surface area contributed by atoms with Crippen molar-refractivity contribution >= 4 is 11.6 Å². The zero-order valence-corrected chi connectivity index (χ0v) is 12.5. The highest BCUT2D eigenvalue weighted by molar-refractivity contribution is 5.92. The Labute approximate surface area is 124 Å². The summed E-state index contributed by atoms with van der Waals surface area (Å²) in [7, 11) is 5.16. The molecule has 1 aromatic heterocycles. The normalized spacial score (nSPS) is 11.3. The number of aromatic nitrogens is 1. The predicted octanol–water partition coefficient (Wildman–Crippen LogP) is 1.97. The molecular formula is C15H20N4O2. The van der Waals surface area contributed by atoms with Crippen molar-refractivity contribution in [2.45, 2.75) is 6.54 Å². The highest BCUT2D eigenvalue weighted by Crippen LogP contribution is 2.29. The third-order valence-electron chi connectivity index (χ3n) is 3.12. The van der Waals surface area contributed by atoms with Crippen LogP contribution in [0.25, 0.3) is 0 Å². The van der Waals surface area contributed by atoms with Crippen LogP contribution in [0.5, 0.6) is 11.5 Å². The van der Waals surface area contributed by atoms with Crippen molar-refractivity contribution in [3.05, 3.63) is 42.2 Å². The molecule has 2 aromatic rings. The quantitative estimate of drug-likeness (QED) is 0.651. The van der Waals surface area contributed by atoms with Crippen LogP contribution in [-0.2, 0) is 13.6 Å². The molecule has 0 atom stereocenters. The van der Waals surface area contributed by atoms with E-state index < -0.39 is 0 Å². The maximum Gasteiger partial charge on any atom is 0.193 e. The summed E-state index contributed by atoms with van der Waals surface area (Å²) in [5.74, 6) is 1.66. The Bertz CT molecular complexity index is 634. The third-order valence-corrected chi connectivity index (χ3v) is 3.12. The van der Waals surface area contributed by atoms with Crippen molar-refractivity contribution in [2.75, 3.05) is 19.5 Å². The van der Waals surface area contributed by atoms with Gasteiger partial charge in [-0.3, -0.25) is 0 Å². The average Bonchev–Trinajstić information content (AvgIpc) is 2.90. The lowest BCUT2D eigenvalue weighted by Crippen LogP contribution is -2.22. The van der Waals surface area contributed by atoms with E-state index in [1.165, 1.54) is 0 Å². The van der Waals surface area contributed by atoms with Crippen molar-refractivity contribution in [3.63, 3.8) is 0 Å². The van der Waals surface area contributed by atoms with Crippen LogP contribution < -0.4 is 20.5 Å². The van der Waals surface area contributed by atoms with Gasteiger partial charge >= 0.3 is 0 Å². The minimum atomic E-state index is 0.350. The molecule has 0 aliphatic carbocycles. The van der Waals surface area contributed by atoms with Crippen molar-refractivity contribution in [1.82, 2.24) is 4.57 Å². The Morgan fingerprint density at radius 2 is 2.00 bits per heavy atom. The summed E-state index contributed by atoms with van der Waals surface area (Å²) in [4.78, 5) is 4.31. The zero-order chi connectivity index (χ0) is 15.2. The number of nitrogens with two attached hydrogens (primary N) is 1. The minimum absolute atomic E-state index is 0.350. The fraction of sp³-hybridized carbons (Fsp3) is 0.267. The summed E-state index contributed by atoms with van der Waals surface area (Å²) < 4.78 is 12.4. The van der Waals surface area contributed by atoms with Gasteiger partial charge in [0.15, 0.2) is 17.5 Å². The maximum absolute atomic E-state index is 5.89. The molecule has 6 heteroatoms. The van der Waals surface area contributed by atoms with E-state index in [0.717, 1.165) is 11.4 Å². The molecule has 0 saturated heterocycles. The summed E-state index contributed by atoms with van der Waals surface area (Å²) in [6.45, 7) is 0.523. The fourth-order valence-electron chi connectivity index (χ4n) is 1.93. The number of hydrogen-bond acceptors (Lipinski definition) is 3. The molecule has 2 rings (SSSR count). The lowest BCUT2D eigenvalue weighted by atomic mass is 10.3. The van der Waals surface area contributed by atoms with Gasteiger partial charge in [0.25, 0.3) is 0 Å². The smallest absolute Gasteiger partial charge is 0.193 e. The molecule has 112 valence electrons. The molecule has 1 aromatic carbocycles. The number of benzene rings is 1. The maximum atomic E-state index is 5.89. The van der Waals surface area contributed by atoms with Crippen LogP contribution in [0.15, 0.2) is 41.5 Å². The van der Waals surface area contributed by atoms with E-state index in [1.54, 1.807) is 14.2 Å². The predicted molar refractivity (Wildman–Crippen MR) is 83.9 cm³/mol. The Kier molecular flexibility index (Phi) is 4.71. The molecule has 0 amide bonds. The van der Waals surface area contributed by atoms with Crippen molar-refractivity contribution < 1.29 is 9.47 Å². The SMILES string of the molecule is COc1ccc(NC(N)=NCc2cccn2C)cc1OC. The van der Waals surface area contributed by atoms with E-state index in [1.807, 2.05) is 48.1 Å². The topological polar surface area (TPSA) is 73.8 Å². The standard InChI is InChI=1S/C15H20N4O2/c1-19-8-4-5-12(19)10-17-15(16)18-11-6-7-13(20-2)14(9-11)21-3/h4-9H,10H2,1-3H3,(H3,16,17,18). The van der Waals surface area contributed by atoms with Crippen LogP contribution in [0, 0.1) is 0 Å².